The number of benzene rings is 1. The average Bonchev–Trinajstić information content (AvgIpc) is 3.09. The first kappa shape index (κ1) is 18.0. The van der Waals surface area contributed by atoms with Gasteiger partial charge in [0.25, 0.3) is 5.56 Å². The van der Waals surface area contributed by atoms with Gasteiger partial charge < -0.3 is 9.88 Å². The van der Waals surface area contributed by atoms with Gasteiger partial charge in [0, 0.05) is 31.2 Å². The number of hydrogen-bond acceptors (Lipinski definition) is 7. The van der Waals surface area contributed by atoms with Crippen LogP contribution >= 0.6 is 11.6 Å². The molecule has 0 bridgehead atoms. The number of aromatic nitrogens is 6. The Hall–Kier alpha value is -3.04. The van der Waals surface area contributed by atoms with Crippen LogP contribution in [0.2, 0.25) is 5.02 Å². The molecule has 4 heterocycles. The molecule has 0 aliphatic carbocycles. The van der Waals surface area contributed by atoms with Crippen molar-refractivity contribution in [1.82, 2.24) is 34.4 Å². The lowest BCUT2D eigenvalue weighted by molar-refractivity contribution is 0.243. The molecule has 0 amide bonds. The lowest BCUT2D eigenvalue weighted by Gasteiger charge is -2.35. The molecule has 148 valence electrons. The number of fused-ring (bicyclic) bond motifs is 2. The van der Waals surface area contributed by atoms with Crippen LogP contribution in [0, 0.1) is 6.92 Å². The first-order chi connectivity index (χ1) is 14.1. The molecule has 4 aromatic rings. The Bertz CT molecular complexity index is 1260. The first-order valence-electron chi connectivity index (χ1n) is 9.40. The minimum absolute atomic E-state index is 0.162. The van der Waals surface area contributed by atoms with Crippen molar-refractivity contribution in [2.45, 2.75) is 13.5 Å². The van der Waals surface area contributed by atoms with Crippen molar-refractivity contribution >= 4 is 34.0 Å². The standard InChI is InChI=1S/C19H19ClN8O/c1-12-22-17-9-21-10-18(28(17)25-12)27-6-4-26(5-7-27)11-16-23-15-3-2-13(20)8-14(15)19(29)24-16/h2-3,8-10H,4-7,11H2,1H3,(H,23,24,29). The third kappa shape index (κ3) is 3.43. The fourth-order valence-corrected chi connectivity index (χ4v) is 3.88. The Morgan fingerprint density at radius 2 is 1.97 bits per heavy atom. The topological polar surface area (TPSA) is 95.3 Å². The van der Waals surface area contributed by atoms with Gasteiger partial charge in [0.1, 0.15) is 11.6 Å². The summed E-state index contributed by atoms with van der Waals surface area (Å²) in [6.45, 7) is 5.80. The number of rotatable bonds is 3. The second-order valence-electron chi connectivity index (χ2n) is 7.13. The number of nitrogens with zero attached hydrogens (tertiary/aromatic N) is 7. The quantitative estimate of drug-likeness (QED) is 0.548. The van der Waals surface area contributed by atoms with Gasteiger partial charge in [0.2, 0.25) is 0 Å². The Labute approximate surface area is 171 Å². The van der Waals surface area contributed by atoms with E-state index in [1.165, 1.54) is 0 Å². The first-order valence-corrected chi connectivity index (χ1v) is 9.78. The Kier molecular flexibility index (Phi) is 4.40. The molecule has 0 unspecified atom stereocenters. The lowest BCUT2D eigenvalue weighted by atomic mass is 10.2. The molecule has 10 heteroatoms. The van der Waals surface area contributed by atoms with Crippen LogP contribution in [-0.4, -0.2) is 60.6 Å². The maximum Gasteiger partial charge on any atom is 0.258 e. The van der Waals surface area contributed by atoms with Crippen molar-refractivity contribution < 1.29 is 0 Å². The van der Waals surface area contributed by atoms with E-state index >= 15 is 0 Å². The predicted molar refractivity (Wildman–Crippen MR) is 110 cm³/mol. The number of piperazine rings is 1. The van der Waals surface area contributed by atoms with Gasteiger partial charge in [-0.05, 0) is 25.1 Å². The average molecular weight is 411 g/mol. The molecule has 0 radical (unpaired) electrons. The van der Waals surface area contributed by atoms with Crippen molar-refractivity contribution in [2.75, 3.05) is 31.1 Å². The third-order valence-electron chi connectivity index (χ3n) is 5.12. The normalized spacial score (nSPS) is 15.4. The second kappa shape index (κ2) is 7.09. The van der Waals surface area contributed by atoms with Gasteiger partial charge in [-0.15, -0.1) is 5.10 Å². The van der Waals surface area contributed by atoms with Crippen LogP contribution in [-0.2, 0) is 6.54 Å². The fourth-order valence-electron chi connectivity index (χ4n) is 3.71. The van der Waals surface area contributed by atoms with E-state index in [1.807, 2.05) is 17.6 Å². The van der Waals surface area contributed by atoms with Gasteiger partial charge >= 0.3 is 0 Å². The highest BCUT2D eigenvalue weighted by atomic mass is 35.5. The van der Waals surface area contributed by atoms with Crippen LogP contribution in [0.15, 0.2) is 35.4 Å². The number of aromatic amines is 1. The lowest BCUT2D eigenvalue weighted by Crippen LogP contribution is -2.47. The van der Waals surface area contributed by atoms with E-state index in [9.17, 15) is 4.79 Å². The highest BCUT2D eigenvalue weighted by Crippen LogP contribution is 2.18. The molecule has 1 fully saturated rings. The van der Waals surface area contributed by atoms with Gasteiger partial charge in [-0.2, -0.15) is 4.52 Å². The van der Waals surface area contributed by atoms with Gasteiger partial charge in [0.05, 0.1) is 29.8 Å². The zero-order valence-corrected chi connectivity index (χ0v) is 16.6. The second-order valence-corrected chi connectivity index (χ2v) is 7.57. The summed E-state index contributed by atoms with van der Waals surface area (Å²) in [6.07, 6.45) is 3.54. The summed E-state index contributed by atoms with van der Waals surface area (Å²) in [5.41, 5.74) is 1.25. The van der Waals surface area contributed by atoms with Crippen molar-refractivity contribution in [3.63, 3.8) is 0 Å². The number of anilines is 1. The highest BCUT2D eigenvalue weighted by Gasteiger charge is 2.21. The van der Waals surface area contributed by atoms with E-state index in [1.54, 1.807) is 24.4 Å². The largest absolute Gasteiger partial charge is 0.353 e. The SMILES string of the molecule is Cc1nc2cncc(N3CCN(Cc4nc5ccc(Cl)cc5c(=O)[nH]4)CC3)n2n1. The van der Waals surface area contributed by atoms with Crippen LogP contribution < -0.4 is 10.5 Å². The smallest absolute Gasteiger partial charge is 0.258 e. The number of nitrogens with one attached hydrogen (secondary N) is 1. The molecule has 0 atom stereocenters. The molecule has 5 rings (SSSR count). The molecule has 1 aliphatic heterocycles. The summed E-state index contributed by atoms with van der Waals surface area (Å²) < 4.78 is 1.84. The number of hydrogen-bond donors (Lipinski definition) is 1. The molecule has 29 heavy (non-hydrogen) atoms. The molecular formula is C19H19ClN8O. The van der Waals surface area contributed by atoms with Gasteiger partial charge in [-0.1, -0.05) is 11.6 Å². The molecule has 9 nitrogen and oxygen atoms in total. The summed E-state index contributed by atoms with van der Waals surface area (Å²) in [6, 6.07) is 5.17. The number of H-pyrrole nitrogens is 1. The third-order valence-corrected chi connectivity index (χ3v) is 5.36. The Morgan fingerprint density at radius 3 is 2.79 bits per heavy atom. The van der Waals surface area contributed by atoms with Gasteiger partial charge in [-0.25, -0.2) is 9.97 Å². The highest BCUT2D eigenvalue weighted by molar-refractivity contribution is 6.31. The molecule has 0 spiro atoms. The van der Waals surface area contributed by atoms with E-state index in [4.69, 9.17) is 11.6 Å². The summed E-state index contributed by atoms with van der Waals surface area (Å²) in [5, 5.41) is 5.51. The van der Waals surface area contributed by atoms with Crippen molar-refractivity contribution in [2.24, 2.45) is 0 Å². The molecule has 1 aromatic carbocycles. The van der Waals surface area contributed by atoms with Crippen LogP contribution in [0.5, 0.6) is 0 Å². The molecule has 0 saturated carbocycles. The summed E-state index contributed by atoms with van der Waals surface area (Å²) >= 11 is 5.98. The number of halogens is 1. The van der Waals surface area contributed by atoms with E-state index in [0.717, 1.165) is 43.5 Å². The maximum atomic E-state index is 12.4. The molecule has 1 N–H and O–H groups in total. The zero-order valence-electron chi connectivity index (χ0n) is 15.8. The predicted octanol–water partition coefficient (Wildman–Crippen LogP) is 1.64. The van der Waals surface area contributed by atoms with Crippen molar-refractivity contribution in [1.29, 1.82) is 0 Å². The summed E-state index contributed by atoms with van der Waals surface area (Å²) in [5.74, 6) is 2.33. The molecular weight excluding hydrogens is 392 g/mol. The van der Waals surface area contributed by atoms with Crippen molar-refractivity contribution in [3.8, 4) is 0 Å². The Morgan fingerprint density at radius 1 is 1.14 bits per heavy atom. The van der Waals surface area contributed by atoms with Crippen LogP contribution in [0.3, 0.4) is 0 Å². The van der Waals surface area contributed by atoms with E-state index in [2.05, 4.69) is 34.8 Å². The Balaban J connectivity index is 1.31. The van der Waals surface area contributed by atoms with Crippen molar-refractivity contribution in [3.05, 3.63) is 57.6 Å². The van der Waals surface area contributed by atoms with E-state index < -0.39 is 0 Å². The zero-order chi connectivity index (χ0) is 20.0. The minimum Gasteiger partial charge on any atom is -0.353 e. The summed E-state index contributed by atoms with van der Waals surface area (Å²) in [7, 11) is 0. The summed E-state index contributed by atoms with van der Waals surface area (Å²) in [4.78, 5) is 33.0. The molecule has 1 aliphatic rings. The van der Waals surface area contributed by atoms with Crippen LogP contribution in [0.1, 0.15) is 11.6 Å². The maximum absolute atomic E-state index is 12.4. The van der Waals surface area contributed by atoms with E-state index in [0.29, 0.717) is 28.3 Å². The minimum atomic E-state index is -0.162. The van der Waals surface area contributed by atoms with E-state index in [-0.39, 0.29) is 5.56 Å². The molecule has 1 saturated heterocycles. The van der Waals surface area contributed by atoms with Gasteiger partial charge in [-0.3, -0.25) is 14.7 Å². The molecule has 3 aromatic heterocycles. The van der Waals surface area contributed by atoms with Gasteiger partial charge in [0.15, 0.2) is 11.5 Å². The van der Waals surface area contributed by atoms with Crippen LogP contribution in [0.25, 0.3) is 16.6 Å². The van der Waals surface area contributed by atoms with Crippen LogP contribution in [0.4, 0.5) is 5.82 Å². The monoisotopic (exact) mass is 410 g/mol. The fraction of sp³-hybridized carbons (Fsp3) is 0.316. The number of aryl methyl sites for hydroxylation is 1.